The minimum atomic E-state index is -1.22. The highest BCUT2D eigenvalue weighted by atomic mass is 35.5. The van der Waals surface area contributed by atoms with Gasteiger partial charge in [-0.1, -0.05) is 30.1 Å². The number of aromatic carboxylic acids is 1. The van der Waals surface area contributed by atoms with Gasteiger partial charge < -0.3 is 21.1 Å². The van der Waals surface area contributed by atoms with Crippen LogP contribution in [0, 0.1) is 0 Å². The van der Waals surface area contributed by atoms with Crippen LogP contribution in [0.15, 0.2) is 12.1 Å². The molecule has 0 aliphatic heterocycles. The molecule has 0 bridgehead atoms. The largest absolute Gasteiger partial charge is 0.478 e. The second kappa shape index (κ2) is 8.71. The smallest absolute Gasteiger partial charge is 0.337 e. The molecule has 0 aliphatic rings. The van der Waals surface area contributed by atoms with Crippen molar-refractivity contribution >= 4 is 40.9 Å². The van der Waals surface area contributed by atoms with E-state index in [2.05, 4.69) is 16.0 Å². The van der Waals surface area contributed by atoms with Crippen LogP contribution < -0.4 is 16.0 Å². The van der Waals surface area contributed by atoms with E-state index < -0.39 is 12.0 Å². The first-order valence-electron chi connectivity index (χ1n) is 6.43. The molecule has 0 unspecified atom stereocenters. The molecule has 4 N–H and O–H groups in total. The lowest BCUT2D eigenvalue weighted by molar-refractivity contribution is 0.0698. The molecule has 1 aromatic carbocycles. The number of amides is 2. The number of carboxylic acid groups (broad SMARTS) is 1. The van der Waals surface area contributed by atoms with E-state index >= 15 is 0 Å². The first kappa shape index (κ1) is 17.6. The molecule has 0 atom stereocenters. The fourth-order valence-corrected chi connectivity index (χ4v) is 2.16. The van der Waals surface area contributed by atoms with Crippen LogP contribution in [0.1, 0.15) is 23.7 Å². The van der Waals surface area contributed by atoms with Crippen molar-refractivity contribution in [1.82, 2.24) is 10.6 Å². The number of carboxylic acids is 1. The molecule has 0 fully saturated rings. The van der Waals surface area contributed by atoms with E-state index in [0.29, 0.717) is 6.54 Å². The molecule has 0 saturated carbocycles. The summed E-state index contributed by atoms with van der Waals surface area (Å²) in [6, 6.07) is 2.09. The molecule has 1 rings (SSSR count). The SMILES string of the molecule is CCNCCCNC(=O)Nc1c(Cl)cc(Cl)cc1C(=O)O. The normalized spacial score (nSPS) is 10.2. The Hall–Kier alpha value is -1.50. The Balaban J connectivity index is 2.65. The van der Waals surface area contributed by atoms with Crippen molar-refractivity contribution in [2.75, 3.05) is 25.0 Å². The fraction of sp³-hybridized carbons (Fsp3) is 0.385. The first-order chi connectivity index (χ1) is 9.95. The lowest BCUT2D eigenvalue weighted by Crippen LogP contribution is -2.31. The number of halogens is 2. The van der Waals surface area contributed by atoms with Gasteiger partial charge in [-0.05, 0) is 31.6 Å². The van der Waals surface area contributed by atoms with E-state index in [-0.39, 0.29) is 21.3 Å². The summed E-state index contributed by atoms with van der Waals surface area (Å²) in [4.78, 5) is 22.9. The monoisotopic (exact) mass is 333 g/mol. The van der Waals surface area contributed by atoms with Crippen molar-refractivity contribution < 1.29 is 14.7 Å². The molecule has 0 saturated heterocycles. The van der Waals surface area contributed by atoms with E-state index in [0.717, 1.165) is 19.5 Å². The number of nitrogens with one attached hydrogen (secondary N) is 3. The van der Waals surface area contributed by atoms with Crippen molar-refractivity contribution in [2.24, 2.45) is 0 Å². The van der Waals surface area contributed by atoms with Crippen molar-refractivity contribution in [3.63, 3.8) is 0 Å². The maximum atomic E-state index is 11.7. The van der Waals surface area contributed by atoms with E-state index in [1.807, 2.05) is 6.92 Å². The van der Waals surface area contributed by atoms with Crippen LogP contribution in [0.25, 0.3) is 0 Å². The summed E-state index contributed by atoms with van der Waals surface area (Å²) >= 11 is 11.7. The van der Waals surface area contributed by atoms with Crippen molar-refractivity contribution in [3.05, 3.63) is 27.7 Å². The molecule has 8 heteroatoms. The van der Waals surface area contributed by atoms with Gasteiger partial charge in [0.25, 0.3) is 0 Å². The van der Waals surface area contributed by atoms with E-state index in [1.165, 1.54) is 12.1 Å². The van der Waals surface area contributed by atoms with Gasteiger partial charge in [-0.25, -0.2) is 9.59 Å². The van der Waals surface area contributed by atoms with Gasteiger partial charge in [0, 0.05) is 11.6 Å². The zero-order chi connectivity index (χ0) is 15.8. The van der Waals surface area contributed by atoms with Gasteiger partial charge in [0.1, 0.15) is 0 Å². The molecule has 0 spiro atoms. The summed E-state index contributed by atoms with van der Waals surface area (Å²) in [6.45, 7) is 4.12. The van der Waals surface area contributed by atoms with Gasteiger partial charge in [-0.15, -0.1) is 0 Å². The molecule has 0 radical (unpaired) electrons. The predicted molar refractivity (Wildman–Crippen MR) is 83.6 cm³/mol. The average molecular weight is 334 g/mol. The van der Waals surface area contributed by atoms with Crippen LogP contribution in [0.4, 0.5) is 10.5 Å². The third-order valence-electron chi connectivity index (χ3n) is 2.59. The first-order valence-corrected chi connectivity index (χ1v) is 7.19. The minimum Gasteiger partial charge on any atom is -0.478 e. The van der Waals surface area contributed by atoms with Crippen molar-refractivity contribution in [2.45, 2.75) is 13.3 Å². The highest BCUT2D eigenvalue weighted by Crippen LogP contribution is 2.30. The number of carbonyl (C=O) groups is 2. The van der Waals surface area contributed by atoms with Crippen LogP contribution in [0.5, 0.6) is 0 Å². The van der Waals surface area contributed by atoms with Crippen molar-refractivity contribution in [1.29, 1.82) is 0 Å². The maximum Gasteiger partial charge on any atom is 0.337 e. The number of anilines is 1. The highest BCUT2D eigenvalue weighted by molar-refractivity contribution is 6.37. The van der Waals surface area contributed by atoms with Gasteiger partial charge in [-0.2, -0.15) is 0 Å². The van der Waals surface area contributed by atoms with Gasteiger partial charge >= 0.3 is 12.0 Å². The lowest BCUT2D eigenvalue weighted by atomic mass is 10.2. The van der Waals surface area contributed by atoms with Gasteiger partial charge in [-0.3, -0.25) is 0 Å². The Bertz CT molecular complexity index is 524. The number of rotatable bonds is 7. The lowest BCUT2D eigenvalue weighted by Gasteiger charge is -2.12. The summed E-state index contributed by atoms with van der Waals surface area (Å²) in [5.74, 6) is -1.22. The van der Waals surface area contributed by atoms with Gasteiger partial charge in [0.05, 0.1) is 16.3 Å². The number of benzene rings is 1. The van der Waals surface area contributed by atoms with Crippen LogP contribution in [0.3, 0.4) is 0 Å². The fourth-order valence-electron chi connectivity index (χ4n) is 1.62. The number of hydrogen-bond acceptors (Lipinski definition) is 3. The summed E-state index contributed by atoms with van der Waals surface area (Å²) < 4.78 is 0. The summed E-state index contributed by atoms with van der Waals surface area (Å²) in [6.07, 6.45) is 0.765. The molecule has 0 heterocycles. The zero-order valence-corrected chi connectivity index (χ0v) is 13.0. The molecule has 116 valence electrons. The van der Waals surface area contributed by atoms with Crippen molar-refractivity contribution in [3.8, 4) is 0 Å². The standard InChI is InChI=1S/C13H17Cl2N3O3/c1-2-16-4-3-5-17-13(21)18-11-9(12(19)20)6-8(14)7-10(11)15/h6-7,16H,2-5H2,1H3,(H,19,20)(H2,17,18,21). The Morgan fingerprint density at radius 2 is 1.95 bits per heavy atom. The zero-order valence-electron chi connectivity index (χ0n) is 11.5. The Morgan fingerprint density at radius 3 is 2.57 bits per heavy atom. The second-order valence-corrected chi connectivity index (χ2v) is 5.05. The number of hydrogen-bond donors (Lipinski definition) is 4. The second-order valence-electron chi connectivity index (χ2n) is 4.20. The average Bonchev–Trinajstić information content (AvgIpc) is 2.41. The molecule has 0 aromatic heterocycles. The van der Waals surface area contributed by atoms with Gasteiger partial charge in [0.2, 0.25) is 0 Å². The minimum absolute atomic E-state index is 0.0257. The summed E-state index contributed by atoms with van der Waals surface area (Å²) in [7, 11) is 0. The van der Waals surface area contributed by atoms with E-state index in [4.69, 9.17) is 28.3 Å². The summed E-state index contributed by atoms with van der Waals surface area (Å²) in [5.41, 5.74) is -0.131. The van der Waals surface area contributed by atoms with Crippen LogP contribution in [-0.4, -0.2) is 36.7 Å². The van der Waals surface area contributed by atoms with Crippen LogP contribution in [-0.2, 0) is 0 Å². The topological polar surface area (TPSA) is 90.5 Å². The molecular formula is C13H17Cl2N3O3. The van der Waals surface area contributed by atoms with Crippen LogP contribution >= 0.6 is 23.2 Å². The molecule has 21 heavy (non-hydrogen) atoms. The Morgan fingerprint density at radius 1 is 1.24 bits per heavy atom. The number of carbonyl (C=O) groups excluding carboxylic acids is 1. The molecule has 0 aliphatic carbocycles. The maximum absolute atomic E-state index is 11.7. The molecule has 2 amide bonds. The number of urea groups is 1. The Labute approximate surface area is 132 Å². The third-order valence-corrected chi connectivity index (χ3v) is 3.11. The third kappa shape index (κ3) is 5.79. The molecule has 6 nitrogen and oxygen atoms in total. The summed E-state index contributed by atoms with van der Waals surface area (Å²) in [5, 5.41) is 17.5. The highest BCUT2D eigenvalue weighted by Gasteiger charge is 2.17. The quantitative estimate of drug-likeness (QED) is 0.577. The Kier molecular flexibility index (Phi) is 7.28. The van der Waals surface area contributed by atoms with Crippen LogP contribution in [0.2, 0.25) is 10.0 Å². The molecular weight excluding hydrogens is 317 g/mol. The van der Waals surface area contributed by atoms with E-state index in [9.17, 15) is 9.59 Å². The molecule has 1 aromatic rings. The van der Waals surface area contributed by atoms with E-state index in [1.54, 1.807) is 0 Å². The predicted octanol–water partition coefficient (Wildman–Crippen LogP) is 2.81. The van der Waals surface area contributed by atoms with Gasteiger partial charge in [0.15, 0.2) is 0 Å².